The van der Waals surface area contributed by atoms with Crippen molar-refractivity contribution in [2.45, 2.75) is 43.7 Å². The second kappa shape index (κ2) is 5.18. The highest BCUT2D eigenvalue weighted by atomic mass is 16.6. The van der Waals surface area contributed by atoms with Gasteiger partial charge >= 0.3 is 0 Å². The third kappa shape index (κ3) is 2.40. The Kier molecular flexibility index (Phi) is 3.31. The SMILES string of the molecule is Nc1ccc2c(c1)CCCN2C1CCOC2(CCOC2)C1. The van der Waals surface area contributed by atoms with Gasteiger partial charge in [0.1, 0.15) is 0 Å². The molecule has 3 heterocycles. The summed E-state index contributed by atoms with van der Waals surface area (Å²) in [6, 6.07) is 6.96. The second-order valence-corrected chi connectivity index (χ2v) is 6.67. The summed E-state index contributed by atoms with van der Waals surface area (Å²) in [5.74, 6) is 0. The van der Waals surface area contributed by atoms with Gasteiger partial charge in [-0.1, -0.05) is 0 Å². The minimum absolute atomic E-state index is 0.0195. The molecule has 1 aromatic carbocycles. The van der Waals surface area contributed by atoms with Gasteiger partial charge in [0, 0.05) is 43.6 Å². The van der Waals surface area contributed by atoms with Crippen LogP contribution in [0.3, 0.4) is 0 Å². The molecule has 0 saturated carbocycles. The minimum Gasteiger partial charge on any atom is -0.399 e. The van der Waals surface area contributed by atoms with Crippen LogP contribution in [-0.4, -0.2) is 38.0 Å². The van der Waals surface area contributed by atoms with Gasteiger partial charge in [0.15, 0.2) is 0 Å². The predicted molar refractivity (Wildman–Crippen MR) is 83.7 cm³/mol. The highest BCUT2D eigenvalue weighted by molar-refractivity contribution is 5.61. The normalized spacial score (nSPS) is 32.4. The lowest BCUT2D eigenvalue weighted by Gasteiger charge is -2.45. The Labute approximate surface area is 126 Å². The monoisotopic (exact) mass is 288 g/mol. The summed E-state index contributed by atoms with van der Waals surface area (Å²) in [4.78, 5) is 2.60. The van der Waals surface area contributed by atoms with Crippen molar-refractivity contribution < 1.29 is 9.47 Å². The number of fused-ring (bicyclic) bond motifs is 1. The lowest BCUT2D eigenvalue weighted by molar-refractivity contribution is -0.0860. The maximum atomic E-state index is 6.08. The van der Waals surface area contributed by atoms with Crippen molar-refractivity contribution in [3.05, 3.63) is 23.8 Å². The van der Waals surface area contributed by atoms with Crippen molar-refractivity contribution in [3.63, 3.8) is 0 Å². The van der Waals surface area contributed by atoms with Crippen LogP contribution in [-0.2, 0) is 15.9 Å². The summed E-state index contributed by atoms with van der Waals surface area (Å²) in [5.41, 5.74) is 9.60. The van der Waals surface area contributed by atoms with Crippen LogP contribution in [0.1, 0.15) is 31.2 Å². The number of anilines is 2. The Balaban J connectivity index is 1.59. The Morgan fingerprint density at radius 2 is 2.24 bits per heavy atom. The van der Waals surface area contributed by atoms with Crippen LogP contribution in [0.5, 0.6) is 0 Å². The number of hydrogen-bond acceptors (Lipinski definition) is 4. The molecule has 2 atom stereocenters. The van der Waals surface area contributed by atoms with E-state index in [1.165, 1.54) is 17.7 Å². The first-order chi connectivity index (χ1) is 10.3. The third-order valence-electron chi connectivity index (χ3n) is 5.23. The molecule has 114 valence electrons. The first kappa shape index (κ1) is 13.4. The van der Waals surface area contributed by atoms with Crippen LogP contribution in [0.4, 0.5) is 11.4 Å². The summed E-state index contributed by atoms with van der Waals surface area (Å²) in [7, 11) is 0. The van der Waals surface area contributed by atoms with Crippen LogP contribution in [0.2, 0.25) is 0 Å². The first-order valence-corrected chi connectivity index (χ1v) is 8.13. The van der Waals surface area contributed by atoms with Gasteiger partial charge in [0.25, 0.3) is 0 Å². The lowest BCUT2D eigenvalue weighted by Crippen LogP contribution is -2.50. The number of nitrogens with two attached hydrogens (primary N) is 1. The molecule has 4 rings (SSSR count). The Bertz CT molecular complexity index is 526. The van der Waals surface area contributed by atoms with Gasteiger partial charge in [-0.05, 0) is 49.4 Å². The van der Waals surface area contributed by atoms with Crippen molar-refractivity contribution in [1.82, 2.24) is 0 Å². The summed E-state index contributed by atoms with van der Waals surface area (Å²) >= 11 is 0. The number of nitrogens with zero attached hydrogens (tertiary/aromatic N) is 1. The van der Waals surface area contributed by atoms with Crippen LogP contribution < -0.4 is 10.6 Å². The van der Waals surface area contributed by atoms with Gasteiger partial charge < -0.3 is 20.1 Å². The molecule has 0 radical (unpaired) electrons. The van der Waals surface area contributed by atoms with E-state index in [0.29, 0.717) is 6.04 Å². The fourth-order valence-corrected chi connectivity index (χ4v) is 4.16. The van der Waals surface area contributed by atoms with E-state index in [1.807, 2.05) is 6.07 Å². The molecular weight excluding hydrogens is 264 g/mol. The van der Waals surface area contributed by atoms with Crippen LogP contribution in [0, 0.1) is 0 Å². The molecule has 2 unspecified atom stereocenters. The highest BCUT2D eigenvalue weighted by Gasteiger charge is 2.43. The quantitative estimate of drug-likeness (QED) is 0.806. The van der Waals surface area contributed by atoms with Crippen LogP contribution in [0.25, 0.3) is 0 Å². The van der Waals surface area contributed by atoms with E-state index < -0.39 is 0 Å². The van der Waals surface area contributed by atoms with Gasteiger partial charge in [0.05, 0.1) is 12.2 Å². The fraction of sp³-hybridized carbons (Fsp3) is 0.647. The van der Waals surface area contributed by atoms with E-state index in [0.717, 1.165) is 57.7 Å². The Morgan fingerprint density at radius 3 is 3.10 bits per heavy atom. The number of benzene rings is 1. The van der Waals surface area contributed by atoms with E-state index in [4.69, 9.17) is 15.2 Å². The molecule has 4 nitrogen and oxygen atoms in total. The molecule has 4 heteroatoms. The molecule has 3 aliphatic rings. The van der Waals surface area contributed by atoms with Crippen molar-refractivity contribution >= 4 is 11.4 Å². The summed E-state index contributed by atoms with van der Waals surface area (Å²) in [6.45, 7) is 3.62. The average Bonchev–Trinajstić information content (AvgIpc) is 2.94. The lowest BCUT2D eigenvalue weighted by atomic mass is 9.87. The van der Waals surface area contributed by atoms with Gasteiger partial charge in [-0.3, -0.25) is 0 Å². The van der Waals surface area contributed by atoms with E-state index in [-0.39, 0.29) is 5.60 Å². The summed E-state index contributed by atoms with van der Waals surface area (Å²) in [5, 5.41) is 0. The van der Waals surface area contributed by atoms with E-state index >= 15 is 0 Å². The number of rotatable bonds is 1. The molecule has 0 bridgehead atoms. The average molecular weight is 288 g/mol. The van der Waals surface area contributed by atoms with Crippen molar-refractivity contribution in [3.8, 4) is 0 Å². The Hall–Kier alpha value is -1.26. The molecule has 1 spiro atoms. The predicted octanol–water partition coefficient (Wildman–Crippen LogP) is 2.36. The molecule has 2 N–H and O–H groups in total. The first-order valence-electron chi connectivity index (χ1n) is 8.13. The maximum absolute atomic E-state index is 6.08. The van der Waals surface area contributed by atoms with Gasteiger partial charge in [-0.15, -0.1) is 0 Å². The zero-order valence-corrected chi connectivity index (χ0v) is 12.5. The standard InChI is InChI=1S/C17H24N2O2/c18-14-3-4-16-13(10-14)2-1-7-19(16)15-5-8-21-17(11-15)6-9-20-12-17/h3-4,10,15H,1-2,5-9,11-12,18H2. The van der Waals surface area contributed by atoms with Crippen molar-refractivity contribution in [2.24, 2.45) is 0 Å². The summed E-state index contributed by atoms with van der Waals surface area (Å²) < 4.78 is 11.7. The largest absolute Gasteiger partial charge is 0.399 e. The highest BCUT2D eigenvalue weighted by Crippen LogP contribution is 2.38. The zero-order chi connectivity index (χ0) is 14.3. The second-order valence-electron chi connectivity index (χ2n) is 6.67. The molecule has 0 aromatic heterocycles. The van der Waals surface area contributed by atoms with E-state index in [2.05, 4.69) is 17.0 Å². The van der Waals surface area contributed by atoms with Crippen molar-refractivity contribution in [2.75, 3.05) is 37.0 Å². The molecule has 2 fully saturated rings. The maximum Gasteiger partial charge on any atom is 0.0956 e. The third-order valence-corrected chi connectivity index (χ3v) is 5.23. The van der Waals surface area contributed by atoms with Gasteiger partial charge in [0.2, 0.25) is 0 Å². The number of ether oxygens (including phenoxy) is 2. The van der Waals surface area contributed by atoms with Gasteiger partial charge in [-0.25, -0.2) is 0 Å². The van der Waals surface area contributed by atoms with Crippen LogP contribution in [0.15, 0.2) is 18.2 Å². The summed E-state index contributed by atoms with van der Waals surface area (Å²) in [6.07, 6.45) is 5.62. The molecular formula is C17H24N2O2. The zero-order valence-electron chi connectivity index (χ0n) is 12.5. The van der Waals surface area contributed by atoms with E-state index in [9.17, 15) is 0 Å². The minimum atomic E-state index is -0.0195. The molecule has 3 aliphatic heterocycles. The smallest absolute Gasteiger partial charge is 0.0956 e. The Morgan fingerprint density at radius 1 is 1.29 bits per heavy atom. The number of hydrogen-bond donors (Lipinski definition) is 1. The van der Waals surface area contributed by atoms with Crippen LogP contribution >= 0.6 is 0 Å². The van der Waals surface area contributed by atoms with Gasteiger partial charge in [-0.2, -0.15) is 0 Å². The van der Waals surface area contributed by atoms with Crippen molar-refractivity contribution in [1.29, 1.82) is 0 Å². The number of aryl methyl sites for hydroxylation is 1. The molecule has 2 saturated heterocycles. The molecule has 0 aliphatic carbocycles. The van der Waals surface area contributed by atoms with E-state index in [1.54, 1.807) is 0 Å². The topological polar surface area (TPSA) is 47.7 Å². The molecule has 21 heavy (non-hydrogen) atoms. The molecule has 1 aromatic rings. The number of nitrogen functional groups attached to an aromatic ring is 1. The molecule has 0 amide bonds. The fourth-order valence-electron chi connectivity index (χ4n) is 4.16.